The van der Waals surface area contributed by atoms with Crippen molar-refractivity contribution in [2.45, 2.75) is 174 Å². The van der Waals surface area contributed by atoms with E-state index >= 15 is 0 Å². The van der Waals surface area contributed by atoms with Gasteiger partial charge in [-0.15, -0.1) is 0 Å². The normalized spacial score (nSPS) is 34.7. The molecule has 0 bridgehead atoms. The van der Waals surface area contributed by atoms with Crippen molar-refractivity contribution in [1.29, 1.82) is 0 Å². The van der Waals surface area contributed by atoms with Crippen LogP contribution in [0.25, 0.3) is 0 Å². The Labute approximate surface area is 289 Å². The average Bonchev–Trinajstić information content (AvgIpc) is 3.47. The summed E-state index contributed by atoms with van der Waals surface area (Å²) in [4.78, 5) is 40.6. The van der Waals surface area contributed by atoms with Crippen LogP contribution in [-0.2, 0) is 23.9 Å². The second-order valence-corrected chi connectivity index (χ2v) is 16.1. The Balaban J connectivity index is 1.62. The van der Waals surface area contributed by atoms with E-state index in [0.29, 0.717) is 24.0 Å². The lowest BCUT2D eigenvalue weighted by atomic mass is 9.59. The molecule has 8 nitrogen and oxygen atoms in total. The Morgan fingerprint density at radius 2 is 1.35 bits per heavy atom. The highest BCUT2D eigenvalue weighted by Crippen LogP contribution is 2.77. The molecule has 2 saturated carbocycles. The molecule has 2 fully saturated rings. The van der Waals surface area contributed by atoms with Gasteiger partial charge in [0.05, 0.1) is 12.2 Å². The van der Waals surface area contributed by atoms with Crippen LogP contribution in [0.5, 0.6) is 0 Å². The highest BCUT2D eigenvalue weighted by Gasteiger charge is 2.87. The molecular formula is C40H64O8. The molecule has 0 aliphatic heterocycles. The number of ketones is 1. The maximum Gasteiger partial charge on any atom is 0.306 e. The SMILES string of the molecule is CCCCCCCCCC(=O)O[C@@H]1[C@@H](C)[C@@]2(O)[C@@H](C=C(CO)C[C@@]3(O)C(=O)C(C)=C[C@@H]23)[C@H]2C(C)(C)[C@]12OC(=O)CCCCCCCCC. The van der Waals surface area contributed by atoms with Crippen molar-refractivity contribution < 1.29 is 39.2 Å². The van der Waals surface area contributed by atoms with Gasteiger partial charge in [0.2, 0.25) is 0 Å². The zero-order chi connectivity index (χ0) is 35.3. The summed E-state index contributed by atoms with van der Waals surface area (Å²) in [6.07, 6.45) is 17.8. The van der Waals surface area contributed by atoms with Crippen molar-refractivity contribution >= 4 is 17.7 Å². The lowest BCUT2D eigenvalue weighted by Crippen LogP contribution is -2.66. The molecule has 8 heteroatoms. The van der Waals surface area contributed by atoms with E-state index in [9.17, 15) is 29.7 Å². The number of unbranched alkanes of at least 4 members (excludes halogenated alkanes) is 12. The van der Waals surface area contributed by atoms with Crippen LogP contribution in [0.4, 0.5) is 0 Å². The number of aliphatic hydroxyl groups excluding tert-OH is 1. The third-order valence-electron chi connectivity index (χ3n) is 12.5. The Morgan fingerprint density at radius 3 is 1.90 bits per heavy atom. The van der Waals surface area contributed by atoms with Gasteiger partial charge in [-0.2, -0.15) is 0 Å². The summed E-state index contributed by atoms with van der Waals surface area (Å²) in [5.41, 5.74) is -4.71. The molecule has 4 aliphatic rings. The molecule has 0 spiro atoms. The number of fused-ring (bicyclic) bond motifs is 5. The molecular weight excluding hydrogens is 608 g/mol. The minimum Gasteiger partial charge on any atom is -0.458 e. The third kappa shape index (κ3) is 7.10. The summed E-state index contributed by atoms with van der Waals surface area (Å²) in [5, 5.41) is 35.3. The minimum atomic E-state index is -1.93. The first-order chi connectivity index (χ1) is 22.8. The summed E-state index contributed by atoms with van der Waals surface area (Å²) in [7, 11) is 0. The van der Waals surface area contributed by atoms with Crippen LogP contribution < -0.4 is 0 Å². The number of aliphatic hydroxyl groups is 3. The Bertz CT molecular complexity index is 1220. The van der Waals surface area contributed by atoms with Crippen LogP contribution in [0.15, 0.2) is 23.3 Å². The number of carbonyl (C=O) groups excluding carboxylic acids is 3. The predicted molar refractivity (Wildman–Crippen MR) is 186 cm³/mol. The molecule has 0 aromatic heterocycles. The van der Waals surface area contributed by atoms with E-state index in [1.54, 1.807) is 26.0 Å². The van der Waals surface area contributed by atoms with Crippen LogP contribution in [0.2, 0.25) is 0 Å². The van der Waals surface area contributed by atoms with Crippen molar-refractivity contribution in [2.24, 2.45) is 29.1 Å². The Morgan fingerprint density at radius 1 is 0.833 bits per heavy atom. The summed E-state index contributed by atoms with van der Waals surface area (Å²) >= 11 is 0. The summed E-state index contributed by atoms with van der Waals surface area (Å²) in [5.74, 6) is -4.11. The van der Waals surface area contributed by atoms with Gasteiger partial charge in [0.15, 0.2) is 11.4 Å². The molecule has 0 aromatic rings. The van der Waals surface area contributed by atoms with Crippen LogP contribution in [0.1, 0.15) is 151 Å². The highest BCUT2D eigenvalue weighted by molar-refractivity contribution is 6.04. The van der Waals surface area contributed by atoms with Gasteiger partial charge in [0.25, 0.3) is 0 Å². The lowest BCUT2D eigenvalue weighted by molar-refractivity contribution is -0.229. The topological polar surface area (TPSA) is 130 Å². The van der Waals surface area contributed by atoms with E-state index in [2.05, 4.69) is 13.8 Å². The lowest BCUT2D eigenvalue weighted by Gasteiger charge is -2.53. The highest BCUT2D eigenvalue weighted by atomic mass is 16.6. The zero-order valence-electron chi connectivity index (χ0n) is 30.7. The van der Waals surface area contributed by atoms with Gasteiger partial charge in [0, 0.05) is 48.3 Å². The molecule has 0 amide bonds. The Kier molecular flexibility index (Phi) is 12.8. The first-order valence-corrected chi connectivity index (χ1v) is 19.2. The minimum absolute atomic E-state index is 0.104. The van der Waals surface area contributed by atoms with Crippen LogP contribution in [-0.4, -0.2) is 62.6 Å². The van der Waals surface area contributed by atoms with Gasteiger partial charge in [-0.25, -0.2) is 0 Å². The van der Waals surface area contributed by atoms with Crippen LogP contribution >= 0.6 is 0 Å². The third-order valence-corrected chi connectivity index (χ3v) is 12.5. The zero-order valence-corrected chi connectivity index (χ0v) is 30.7. The van der Waals surface area contributed by atoms with Gasteiger partial charge < -0.3 is 24.8 Å². The number of Topliss-reactive ketones (excluding diaryl/α,β-unsaturated/α-hetero) is 1. The molecule has 0 saturated heterocycles. The fraction of sp³-hybridized carbons (Fsp3) is 0.825. The smallest absolute Gasteiger partial charge is 0.306 e. The van der Waals surface area contributed by atoms with Crippen molar-refractivity contribution in [3.63, 3.8) is 0 Å². The second kappa shape index (κ2) is 15.9. The van der Waals surface area contributed by atoms with Crippen molar-refractivity contribution in [2.75, 3.05) is 6.61 Å². The van der Waals surface area contributed by atoms with Gasteiger partial charge in [-0.1, -0.05) is 124 Å². The molecule has 0 unspecified atom stereocenters. The van der Waals surface area contributed by atoms with Gasteiger partial charge >= 0.3 is 11.9 Å². The first-order valence-electron chi connectivity index (χ1n) is 19.2. The number of ether oxygens (including phenoxy) is 2. The second-order valence-electron chi connectivity index (χ2n) is 16.1. The van der Waals surface area contributed by atoms with E-state index < -0.39 is 63.7 Å². The molecule has 0 heterocycles. The molecule has 4 aliphatic carbocycles. The maximum absolute atomic E-state index is 13.6. The monoisotopic (exact) mass is 672 g/mol. The molecule has 272 valence electrons. The average molecular weight is 673 g/mol. The van der Waals surface area contributed by atoms with Crippen molar-refractivity contribution in [3.8, 4) is 0 Å². The molecule has 0 radical (unpaired) electrons. The van der Waals surface area contributed by atoms with E-state index in [0.717, 1.165) is 38.5 Å². The fourth-order valence-corrected chi connectivity index (χ4v) is 9.72. The molecule has 3 N–H and O–H groups in total. The summed E-state index contributed by atoms with van der Waals surface area (Å²) < 4.78 is 12.8. The van der Waals surface area contributed by atoms with E-state index in [4.69, 9.17) is 9.47 Å². The predicted octanol–water partition coefficient (Wildman–Crippen LogP) is 7.31. The van der Waals surface area contributed by atoms with E-state index in [1.165, 1.54) is 38.5 Å². The van der Waals surface area contributed by atoms with Crippen molar-refractivity contribution in [1.82, 2.24) is 0 Å². The number of esters is 2. The molecule has 4 rings (SSSR count). The first kappa shape index (κ1) is 38.8. The number of rotatable bonds is 19. The number of carbonyl (C=O) groups is 3. The standard InChI is InChI=1S/C40H64O8/c1-7-9-11-13-15-17-19-21-32(42)47-36-28(4)39(46)30(24-29(26-41)25-38(45)31(39)23-27(3)35(38)44)34-37(5,6)40(34,36)48-33(43)22-20-18-16-14-12-10-8-2/h23-24,28,30-31,34,36,41,45-46H,7-22,25-26H2,1-6H3/t28-,30+,31-,34+,36-,38+,39-,40-/m1/s1. The Hall–Kier alpha value is -2.03. The summed E-state index contributed by atoms with van der Waals surface area (Å²) in [6.45, 7) is 11.4. The summed E-state index contributed by atoms with van der Waals surface area (Å²) in [6, 6.07) is 0. The quantitative estimate of drug-likeness (QED) is 0.0740. The van der Waals surface area contributed by atoms with E-state index in [-0.39, 0.29) is 31.8 Å². The van der Waals surface area contributed by atoms with Gasteiger partial charge in [-0.05, 0) is 30.9 Å². The maximum atomic E-state index is 13.6. The van der Waals surface area contributed by atoms with Gasteiger partial charge in [-0.3, -0.25) is 14.4 Å². The fourth-order valence-electron chi connectivity index (χ4n) is 9.72. The molecule has 0 aromatic carbocycles. The molecule has 8 atom stereocenters. The van der Waals surface area contributed by atoms with Crippen LogP contribution in [0.3, 0.4) is 0 Å². The molecule has 48 heavy (non-hydrogen) atoms. The number of hydrogen-bond donors (Lipinski definition) is 3. The number of hydrogen-bond acceptors (Lipinski definition) is 8. The van der Waals surface area contributed by atoms with E-state index in [1.807, 2.05) is 13.8 Å². The van der Waals surface area contributed by atoms with Crippen molar-refractivity contribution in [3.05, 3.63) is 23.3 Å². The largest absolute Gasteiger partial charge is 0.458 e. The van der Waals surface area contributed by atoms with Crippen LogP contribution in [0, 0.1) is 29.1 Å². The van der Waals surface area contributed by atoms with Gasteiger partial charge in [0.1, 0.15) is 11.7 Å².